The second kappa shape index (κ2) is 7.18. The zero-order chi connectivity index (χ0) is 17.3. The van der Waals surface area contributed by atoms with Crippen LogP contribution in [0, 0.1) is 5.41 Å². The minimum Gasteiger partial charge on any atom is -0.392 e. The van der Waals surface area contributed by atoms with Gasteiger partial charge in [-0.3, -0.25) is 4.79 Å². The fourth-order valence-electron chi connectivity index (χ4n) is 3.79. The maximum atomic E-state index is 12.7. The van der Waals surface area contributed by atoms with Gasteiger partial charge in [0, 0.05) is 31.5 Å². The number of carbonyl (C=O) groups excluding carboxylic acids is 1. The van der Waals surface area contributed by atoms with E-state index >= 15 is 0 Å². The number of halogens is 2. The number of benzene rings is 1. The molecular formula is C17H22Cl2N2O3. The molecule has 0 radical (unpaired) electrons. The number of carbonyl (C=O) groups is 1. The smallest absolute Gasteiger partial charge is 0.255 e. The molecule has 3 N–H and O–H groups in total. The van der Waals surface area contributed by atoms with Crippen LogP contribution in [0.25, 0.3) is 0 Å². The van der Waals surface area contributed by atoms with Crippen LogP contribution in [0.2, 0.25) is 10.0 Å². The van der Waals surface area contributed by atoms with E-state index < -0.39 is 0 Å². The second-order valence-corrected chi connectivity index (χ2v) is 7.31. The van der Waals surface area contributed by atoms with Gasteiger partial charge in [0.15, 0.2) is 0 Å². The highest BCUT2D eigenvalue weighted by atomic mass is 35.5. The van der Waals surface area contributed by atoms with Gasteiger partial charge in [-0.25, -0.2) is 0 Å². The Morgan fingerprint density at radius 3 is 2.71 bits per heavy atom. The Labute approximate surface area is 151 Å². The molecule has 1 aromatic carbocycles. The number of hydrogen-bond donors (Lipinski definition) is 2. The summed E-state index contributed by atoms with van der Waals surface area (Å²) in [6.45, 7) is 2.11. The maximum Gasteiger partial charge on any atom is 0.255 e. The number of nitrogens with zero attached hydrogens (tertiary/aromatic N) is 1. The Hall–Kier alpha value is -0.850. The van der Waals surface area contributed by atoms with Crippen LogP contribution in [0.15, 0.2) is 18.2 Å². The van der Waals surface area contributed by atoms with Crippen LogP contribution in [-0.2, 0) is 4.74 Å². The Morgan fingerprint density at radius 2 is 2.08 bits per heavy atom. The van der Waals surface area contributed by atoms with Crippen LogP contribution in [-0.4, -0.2) is 54.4 Å². The number of aliphatic hydroxyl groups excluding tert-OH is 1. The number of piperidine rings is 1. The normalized spacial score (nSPS) is 25.6. The van der Waals surface area contributed by atoms with E-state index in [1.165, 1.54) is 0 Å². The first-order valence-corrected chi connectivity index (χ1v) is 8.98. The van der Waals surface area contributed by atoms with Crippen LogP contribution in [0.4, 0.5) is 0 Å². The lowest BCUT2D eigenvalue weighted by atomic mass is 9.58. The van der Waals surface area contributed by atoms with E-state index in [4.69, 9.17) is 33.7 Å². The van der Waals surface area contributed by atoms with E-state index in [0.717, 1.165) is 0 Å². The molecule has 3 rings (SSSR count). The first-order chi connectivity index (χ1) is 11.5. The highest BCUT2D eigenvalue weighted by Crippen LogP contribution is 2.51. The zero-order valence-electron chi connectivity index (χ0n) is 13.4. The number of nitrogens with two attached hydrogens (primary N) is 1. The molecule has 1 heterocycles. The van der Waals surface area contributed by atoms with Gasteiger partial charge in [0.05, 0.1) is 34.4 Å². The van der Waals surface area contributed by atoms with E-state index in [2.05, 4.69) is 0 Å². The third kappa shape index (κ3) is 3.04. The van der Waals surface area contributed by atoms with Crippen molar-refractivity contribution in [3.05, 3.63) is 33.8 Å². The summed E-state index contributed by atoms with van der Waals surface area (Å²) < 4.78 is 5.78. The van der Waals surface area contributed by atoms with Crippen LogP contribution < -0.4 is 5.73 Å². The van der Waals surface area contributed by atoms with Crippen molar-refractivity contribution in [2.45, 2.75) is 31.5 Å². The molecule has 24 heavy (non-hydrogen) atoms. The summed E-state index contributed by atoms with van der Waals surface area (Å²) in [5.74, 6) is -0.120. The van der Waals surface area contributed by atoms with Gasteiger partial charge < -0.3 is 20.5 Å². The van der Waals surface area contributed by atoms with E-state index in [0.29, 0.717) is 56.1 Å². The molecule has 1 aliphatic heterocycles. The Balaban J connectivity index is 1.66. The van der Waals surface area contributed by atoms with Gasteiger partial charge >= 0.3 is 0 Å². The molecule has 1 aromatic rings. The summed E-state index contributed by atoms with van der Waals surface area (Å²) in [5, 5.41) is 10.9. The topological polar surface area (TPSA) is 75.8 Å². The quantitative estimate of drug-likeness (QED) is 0.850. The lowest BCUT2D eigenvalue weighted by Crippen LogP contribution is -2.62. The van der Waals surface area contributed by atoms with Gasteiger partial charge in [0.1, 0.15) is 0 Å². The van der Waals surface area contributed by atoms with Crippen molar-refractivity contribution < 1.29 is 14.6 Å². The number of amides is 1. The van der Waals surface area contributed by atoms with Crippen molar-refractivity contribution in [3.63, 3.8) is 0 Å². The highest BCUT2D eigenvalue weighted by molar-refractivity contribution is 6.43. The number of ether oxygens (including phenoxy) is 1. The number of rotatable bonds is 4. The van der Waals surface area contributed by atoms with Gasteiger partial charge in [-0.05, 0) is 25.0 Å². The molecule has 1 amide bonds. The standard InChI is InChI=1S/C17H22Cl2N2O3/c18-12-3-1-2-11(15(12)19)16(23)21-7-4-17(5-8-21)13(22)10-14(17)24-9-6-20/h1-3,13-14,22H,4-10,20H2/t13-,14+/m1/s1. The summed E-state index contributed by atoms with van der Waals surface area (Å²) >= 11 is 12.2. The summed E-state index contributed by atoms with van der Waals surface area (Å²) in [4.78, 5) is 14.5. The fraction of sp³-hybridized carbons (Fsp3) is 0.588. The molecule has 1 aliphatic carbocycles. The van der Waals surface area contributed by atoms with E-state index in [1.54, 1.807) is 23.1 Å². The Kier molecular flexibility index (Phi) is 5.37. The summed E-state index contributed by atoms with van der Waals surface area (Å²) in [6, 6.07) is 5.07. The molecule has 0 unspecified atom stereocenters. The number of likely N-dealkylation sites (tertiary alicyclic amines) is 1. The fourth-order valence-corrected chi connectivity index (χ4v) is 4.17. The van der Waals surface area contributed by atoms with Crippen LogP contribution in [0.1, 0.15) is 29.6 Å². The van der Waals surface area contributed by atoms with Crippen molar-refractivity contribution in [2.75, 3.05) is 26.2 Å². The molecule has 2 fully saturated rings. The van der Waals surface area contributed by atoms with Gasteiger partial charge in [-0.1, -0.05) is 29.3 Å². The number of hydrogen-bond acceptors (Lipinski definition) is 4. The van der Waals surface area contributed by atoms with E-state index in [9.17, 15) is 9.90 Å². The van der Waals surface area contributed by atoms with Crippen molar-refractivity contribution in [1.29, 1.82) is 0 Å². The van der Waals surface area contributed by atoms with Gasteiger partial charge in [-0.15, -0.1) is 0 Å². The number of aliphatic hydroxyl groups is 1. The molecule has 1 saturated heterocycles. The van der Waals surface area contributed by atoms with Crippen molar-refractivity contribution in [3.8, 4) is 0 Å². The average Bonchev–Trinajstić information content (AvgIpc) is 2.60. The Morgan fingerprint density at radius 1 is 1.38 bits per heavy atom. The third-order valence-corrected chi connectivity index (χ3v) is 6.16. The SMILES string of the molecule is NCCO[C@H]1C[C@@H](O)C12CCN(C(=O)c1cccc(Cl)c1Cl)CC2. The van der Waals surface area contributed by atoms with Crippen LogP contribution in [0.5, 0.6) is 0 Å². The first-order valence-electron chi connectivity index (χ1n) is 8.22. The highest BCUT2D eigenvalue weighted by Gasteiger charge is 2.56. The lowest BCUT2D eigenvalue weighted by Gasteiger charge is -2.56. The molecular weight excluding hydrogens is 351 g/mol. The van der Waals surface area contributed by atoms with Gasteiger partial charge in [0.2, 0.25) is 0 Å². The molecule has 2 aliphatic rings. The molecule has 0 bridgehead atoms. The van der Waals surface area contributed by atoms with E-state index in [-0.39, 0.29) is 28.6 Å². The molecule has 7 heteroatoms. The minimum atomic E-state index is -0.368. The zero-order valence-corrected chi connectivity index (χ0v) is 14.9. The average molecular weight is 373 g/mol. The van der Waals surface area contributed by atoms with Crippen LogP contribution in [0.3, 0.4) is 0 Å². The molecule has 5 nitrogen and oxygen atoms in total. The lowest BCUT2D eigenvalue weighted by molar-refractivity contribution is -0.207. The monoisotopic (exact) mass is 372 g/mol. The van der Waals surface area contributed by atoms with Crippen LogP contribution >= 0.6 is 23.2 Å². The summed E-state index contributed by atoms with van der Waals surface area (Å²) in [7, 11) is 0. The Bertz CT molecular complexity index is 618. The molecule has 1 spiro atoms. The largest absolute Gasteiger partial charge is 0.392 e. The van der Waals surface area contributed by atoms with Crippen molar-refractivity contribution in [1.82, 2.24) is 4.90 Å². The van der Waals surface area contributed by atoms with Gasteiger partial charge in [-0.2, -0.15) is 0 Å². The second-order valence-electron chi connectivity index (χ2n) is 6.53. The van der Waals surface area contributed by atoms with Crippen molar-refractivity contribution in [2.24, 2.45) is 11.1 Å². The maximum absolute atomic E-state index is 12.7. The molecule has 0 aromatic heterocycles. The third-order valence-electron chi connectivity index (χ3n) is 5.34. The summed E-state index contributed by atoms with van der Waals surface area (Å²) in [6.07, 6.45) is 1.74. The minimum absolute atomic E-state index is 0.0306. The predicted molar refractivity (Wildman–Crippen MR) is 93.5 cm³/mol. The molecule has 132 valence electrons. The first kappa shape index (κ1) is 18.0. The van der Waals surface area contributed by atoms with Crippen molar-refractivity contribution >= 4 is 29.1 Å². The van der Waals surface area contributed by atoms with Gasteiger partial charge in [0.25, 0.3) is 5.91 Å². The molecule has 1 saturated carbocycles. The summed E-state index contributed by atoms with van der Waals surface area (Å²) in [5.41, 5.74) is 5.67. The molecule has 2 atom stereocenters. The van der Waals surface area contributed by atoms with E-state index in [1.807, 2.05) is 0 Å². The predicted octanol–water partition coefficient (Wildman–Crippen LogP) is 2.32.